The molecule has 0 atom stereocenters. The van der Waals surface area contributed by atoms with Gasteiger partial charge >= 0.3 is 0 Å². The Kier molecular flexibility index (Phi) is 5.71. The summed E-state index contributed by atoms with van der Waals surface area (Å²) in [5.41, 5.74) is 1.62. The molecule has 0 spiro atoms. The predicted octanol–water partition coefficient (Wildman–Crippen LogP) is 3.63. The van der Waals surface area contributed by atoms with Crippen LogP contribution in [0.2, 0.25) is 0 Å². The van der Waals surface area contributed by atoms with Gasteiger partial charge in [-0.25, -0.2) is 4.98 Å². The normalized spacial score (nSPS) is 15.2. The number of aryl methyl sites for hydroxylation is 2. The number of rotatable bonds is 7. The lowest BCUT2D eigenvalue weighted by atomic mass is 9.95. The Morgan fingerprint density at radius 1 is 1.26 bits per heavy atom. The molecule has 0 aliphatic carbocycles. The van der Waals surface area contributed by atoms with Gasteiger partial charge in [-0.2, -0.15) is 5.10 Å². The summed E-state index contributed by atoms with van der Waals surface area (Å²) in [6, 6.07) is 11.2. The van der Waals surface area contributed by atoms with E-state index in [9.17, 15) is 15.0 Å². The number of nitrogens with zero attached hydrogens (tertiary/aromatic N) is 3. The smallest absolute Gasteiger partial charge is 0.277 e. The van der Waals surface area contributed by atoms with E-state index in [1.165, 1.54) is 6.26 Å². The van der Waals surface area contributed by atoms with Crippen LogP contribution in [0.15, 0.2) is 53.3 Å². The minimum Gasteiger partial charge on any atom is -0.444 e. The highest BCUT2D eigenvalue weighted by atomic mass is 16.5. The second-order valence-electron chi connectivity index (χ2n) is 9.74. The van der Waals surface area contributed by atoms with Crippen molar-refractivity contribution in [2.75, 3.05) is 18.5 Å². The molecule has 182 valence electrons. The zero-order valence-corrected chi connectivity index (χ0v) is 19.9. The molecule has 9 nitrogen and oxygen atoms in total. The molecule has 5 rings (SSSR count). The van der Waals surface area contributed by atoms with E-state index in [-0.39, 0.29) is 5.69 Å². The summed E-state index contributed by atoms with van der Waals surface area (Å²) in [6.45, 7) is 6.47. The van der Waals surface area contributed by atoms with Gasteiger partial charge in [-0.15, -0.1) is 0 Å². The Morgan fingerprint density at radius 2 is 2.06 bits per heavy atom. The van der Waals surface area contributed by atoms with Crippen molar-refractivity contribution in [2.24, 2.45) is 0 Å². The third kappa shape index (κ3) is 4.84. The number of hydrogen-bond acceptors (Lipinski definition) is 7. The van der Waals surface area contributed by atoms with Crippen LogP contribution in [0.1, 0.15) is 41.9 Å². The average molecular weight is 477 g/mol. The fraction of sp³-hybridized carbons (Fsp3) is 0.346. The first kappa shape index (κ1) is 23.2. The zero-order chi connectivity index (χ0) is 24.8. The van der Waals surface area contributed by atoms with Gasteiger partial charge in [0.25, 0.3) is 5.91 Å². The molecule has 3 N–H and O–H groups in total. The van der Waals surface area contributed by atoms with E-state index in [0.717, 1.165) is 16.5 Å². The topological polar surface area (TPSA) is 123 Å². The molecular formula is C26H28N4O5. The number of oxazole rings is 1. The van der Waals surface area contributed by atoms with Crippen molar-refractivity contribution >= 4 is 22.5 Å². The third-order valence-electron chi connectivity index (χ3n) is 6.15. The molecule has 0 radical (unpaired) electrons. The van der Waals surface area contributed by atoms with Crippen molar-refractivity contribution < 1.29 is 24.2 Å². The highest BCUT2D eigenvalue weighted by molar-refractivity contribution is 6.04. The van der Waals surface area contributed by atoms with Crippen LogP contribution in [-0.2, 0) is 16.9 Å². The molecule has 4 aromatic rings. The molecule has 0 unspecified atom stereocenters. The van der Waals surface area contributed by atoms with Crippen molar-refractivity contribution in [3.63, 3.8) is 0 Å². The molecule has 2 aromatic heterocycles. The van der Waals surface area contributed by atoms with Crippen molar-refractivity contribution in [3.05, 3.63) is 65.7 Å². The standard InChI is InChI=1S/C26H28N4O5/c1-16-5-4-6-17(9-16)24-28-22(13-35-24)23(31)27-21-10-18-12-30(8-7-26(33)14-34-15-26)29-20(18)11-19(21)25(2,3)32/h4-6,9-13,32-33H,7-8,14-15H2,1-3H3,(H,27,31). The van der Waals surface area contributed by atoms with Crippen LogP contribution >= 0.6 is 0 Å². The maximum absolute atomic E-state index is 13.0. The SMILES string of the molecule is Cc1cccc(-c2nc(C(=O)Nc3cc4cn(CCC5(O)COC5)nc4cc3C(C)(C)O)co2)c1. The maximum atomic E-state index is 13.0. The number of ether oxygens (including phenoxy) is 1. The number of anilines is 1. The summed E-state index contributed by atoms with van der Waals surface area (Å²) < 4.78 is 12.4. The van der Waals surface area contributed by atoms with Crippen LogP contribution in [0.3, 0.4) is 0 Å². The lowest BCUT2D eigenvalue weighted by molar-refractivity contribution is -0.182. The fourth-order valence-corrected chi connectivity index (χ4v) is 4.13. The van der Waals surface area contributed by atoms with E-state index in [1.807, 2.05) is 37.4 Å². The summed E-state index contributed by atoms with van der Waals surface area (Å²) in [6.07, 6.45) is 3.70. The highest BCUT2D eigenvalue weighted by Gasteiger charge is 2.35. The largest absolute Gasteiger partial charge is 0.444 e. The Balaban J connectivity index is 1.40. The first-order chi connectivity index (χ1) is 16.6. The van der Waals surface area contributed by atoms with Crippen molar-refractivity contribution in [2.45, 2.75) is 44.9 Å². The first-order valence-corrected chi connectivity index (χ1v) is 11.5. The van der Waals surface area contributed by atoms with Gasteiger partial charge in [-0.3, -0.25) is 9.48 Å². The Hall–Kier alpha value is -3.53. The number of fused-ring (bicyclic) bond motifs is 1. The molecule has 0 bridgehead atoms. The van der Waals surface area contributed by atoms with Gasteiger partial charge in [0.2, 0.25) is 5.89 Å². The van der Waals surface area contributed by atoms with Crippen LogP contribution < -0.4 is 5.32 Å². The van der Waals surface area contributed by atoms with Crippen LogP contribution in [0.25, 0.3) is 22.4 Å². The number of hydrogen-bond donors (Lipinski definition) is 3. The first-order valence-electron chi connectivity index (χ1n) is 11.5. The van der Waals surface area contributed by atoms with Crippen molar-refractivity contribution in [1.82, 2.24) is 14.8 Å². The number of carbonyl (C=O) groups excluding carboxylic acids is 1. The van der Waals surface area contributed by atoms with Gasteiger partial charge in [0.05, 0.1) is 24.3 Å². The molecule has 2 aromatic carbocycles. The number of aliphatic hydroxyl groups is 2. The lowest BCUT2D eigenvalue weighted by Gasteiger charge is -2.36. The van der Waals surface area contributed by atoms with Gasteiger partial charge in [0.1, 0.15) is 11.9 Å². The van der Waals surface area contributed by atoms with E-state index < -0.39 is 17.1 Å². The minimum absolute atomic E-state index is 0.134. The summed E-state index contributed by atoms with van der Waals surface area (Å²) in [5.74, 6) is -0.0890. The summed E-state index contributed by atoms with van der Waals surface area (Å²) in [5, 5.41) is 29.3. The summed E-state index contributed by atoms with van der Waals surface area (Å²) in [4.78, 5) is 17.4. The van der Waals surface area contributed by atoms with E-state index in [4.69, 9.17) is 9.15 Å². The van der Waals surface area contributed by atoms with Crippen molar-refractivity contribution in [1.29, 1.82) is 0 Å². The number of carbonyl (C=O) groups is 1. The molecule has 1 amide bonds. The van der Waals surface area contributed by atoms with Crippen molar-refractivity contribution in [3.8, 4) is 11.5 Å². The molecule has 9 heteroatoms. The molecule has 0 saturated carbocycles. The third-order valence-corrected chi connectivity index (χ3v) is 6.15. The van der Waals surface area contributed by atoms with Gasteiger partial charge in [0, 0.05) is 41.4 Å². The monoisotopic (exact) mass is 476 g/mol. The Morgan fingerprint density at radius 3 is 2.74 bits per heavy atom. The number of aromatic nitrogens is 3. The van der Waals surface area contributed by atoms with Crippen LogP contribution in [0, 0.1) is 6.92 Å². The van der Waals surface area contributed by atoms with Gasteiger partial charge in [-0.1, -0.05) is 17.7 Å². The Labute approximate surface area is 202 Å². The van der Waals surface area contributed by atoms with E-state index >= 15 is 0 Å². The number of nitrogens with one attached hydrogen (secondary N) is 1. The van der Waals surface area contributed by atoms with E-state index in [2.05, 4.69) is 15.4 Å². The quantitative estimate of drug-likeness (QED) is 0.372. The molecule has 1 aliphatic rings. The number of benzene rings is 2. The van der Waals surface area contributed by atoms with Crippen LogP contribution in [0.5, 0.6) is 0 Å². The predicted molar refractivity (Wildman–Crippen MR) is 130 cm³/mol. The molecule has 1 aliphatic heterocycles. The maximum Gasteiger partial charge on any atom is 0.277 e. The summed E-state index contributed by atoms with van der Waals surface area (Å²) >= 11 is 0. The summed E-state index contributed by atoms with van der Waals surface area (Å²) in [7, 11) is 0. The van der Waals surface area contributed by atoms with E-state index in [1.54, 1.807) is 30.7 Å². The molecule has 35 heavy (non-hydrogen) atoms. The minimum atomic E-state index is -1.23. The molecule has 1 saturated heterocycles. The van der Waals surface area contributed by atoms with Gasteiger partial charge in [-0.05, 0) is 45.0 Å². The van der Waals surface area contributed by atoms with E-state index in [0.29, 0.717) is 48.8 Å². The van der Waals surface area contributed by atoms with Gasteiger partial charge in [0.15, 0.2) is 5.69 Å². The molecular weight excluding hydrogens is 448 g/mol. The Bertz CT molecular complexity index is 1390. The second-order valence-corrected chi connectivity index (χ2v) is 9.74. The zero-order valence-electron chi connectivity index (χ0n) is 19.9. The molecule has 1 fully saturated rings. The lowest BCUT2D eigenvalue weighted by Crippen LogP contribution is -2.50. The second kappa shape index (κ2) is 8.60. The fourth-order valence-electron chi connectivity index (χ4n) is 4.13. The van der Waals surface area contributed by atoms with Gasteiger partial charge < -0.3 is 24.7 Å². The van der Waals surface area contributed by atoms with Crippen LogP contribution in [0.4, 0.5) is 5.69 Å². The van der Waals surface area contributed by atoms with Crippen LogP contribution in [-0.4, -0.2) is 49.7 Å². The number of amides is 1. The molecule has 3 heterocycles. The average Bonchev–Trinajstić information content (AvgIpc) is 3.42. The highest BCUT2D eigenvalue weighted by Crippen LogP contribution is 2.32.